The van der Waals surface area contributed by atoms with Gasteiger partial charge < -0.3 is 24.8 Å². The Hall–Kier alpha value is -2.94. The zero-order chi connectivity index (χ0) is 25.2. The summed E-state index contributed by atoms with van der Waals surface area (Å²) in [6.45, 7) is 3.76. The minimum atomic E-state index is -1.18. The molecule has 9 heteroatoms. The Morgan fingerprint density at radius 2 is 1.86 bits per heavy atom. The number of benzene rings is 1. The van der Waals surface area contributed by atoms with Crippen LogP contribution in [0.2, 0.25) is 0 Å². The molecule has 1 aliphatic carbocycles. The van der Waals surface area contributed by atoms with Crippen molar-refractivity contribution in [2.45, 2.75) is 76.9 Å². The zero-order valence-electron chi connectivity index (χ0n) is 20.8. The number of anilines is 1. The van der Waals surface area contributed by atoms with Crippen molar-refractivity contribution in [3.05, 3.63) is 29.7 Å². The van der Waals surface area contributed by atoms with Crippen molar-refractivity contribution in [3.63, 3.8) is 0 Å². The highest BCUT2D eigenvalue weighted by Gasteiger charge is 2.49. The van der Waals surface area contributed by atoms with E-state index in [2.05, 4.69) is 10.6 Å². The van der Waals surface area contributed by atoms with Gasteiger partial charge in [0.1, 0.15) is 17.1 Å². The van der Waals surface area contributed by atoms with Gasteiger partial charge in [0.05, 0.1) is 24.4 Å². The average Bonchev–Trinajstić information content (AvgIpc) is 3.07. The third-order valence-corrected chi connectivity index (χ3v) is 7.28. The monoisotopic (exact) mass is 486 g/mol. The quantitative estimate of drug-likeness (QED) is 0.649. The molecule has 0 radical (unpaired) electrons. The van der Waals surface area contributed by atoms with E-state index in [1.165, 1.54) is 43.2 Å². The van der Waals surface area contributed by atoms with Crippen LogP contribution in [-0.2, 0) is 20.9 Å². The molecule has 2 N–H and O–H groups in total. The van der Waals surface area contributed by atoms with Crippen molar-refractivity contribution in [2.24, 2.45) is 0 Å². The fourth-order valence-corrected chi connectivity index (χ4v) is 5.43. The van der Waals surface area contributed by atoms with Crippen molar-refractivity contribution < 1.29 is 23.5 Å². The number of aromatic nitrogens is 1. The van der Waals surface area contributed by atoms with Gasteiger partial charge in [-0.15, -0.1) is 0 Å². The van der Waals surface area contributed by atoms with Crippen LogP contribution in [0.4, 0.5) is 10.1 Å². The lowest BCUT2D eigenvalue weighted by atomic mass is 9.92. The molecule has 35 heavy (non-hydrogen) atoms. The second kappa shape index (κ2) is 10.4. The number of hydrogen-bond donors (Lipinski definition) is 2. The van der Waals surface area contributed by atoms with E-state index in [-0.39, 0.29) is 48.9 Å². The Balaban J connectivity index is 1.77. The van der Waals surface area contributed by atoms with Gasteiger partial charge in [-0.25, -0.2) is 4.39 Å². The van der Waals surface area contributed by atoms with E-state index in [0.29, 0.717) is 10.9 Å². The largest absolute Gasteiger partial charge is 0.383 e. The third kappa shape index (κ3) is 4.91. The molecule has 2 heterocycles. The number of rotatable bonds is 6. The smallest absolute Gasteiger partial charge is 0.273 e. The van der Waals surface area contributed by atoms with Gasteiger partial charge in [-0.3, -0.25) is 14.4 Å². The Morgan fingerprint density at radius 3 is 2.51 bits per heavy atom. The van der Waals surface area contributed by atoms with Gasteiger partial charge in [0.2, 0.25) is 11.8 Å². The fraction of sp³-hybridized carbons (Fsp3) is 0.577. The molecule has 190 valence electrons. The number of fused-ring (bicyclic) bond motifs is 3. The first-order valence-electron chi connectivity index (χ1n) is 12.5. The second-order valence-corrected chi connectivity index (χ2v) is 9.89. The highest BCUT2D eigenvalue weighted by molar-refractivity contribution is 6.14. The SMILES string of the molecule is COCCN1C(=O)c2c(NC(C)=O)c3cc(F)ccc3n2C[C@@]1(C)C(=O)NC1CCCCCCC1. The van der Waals surface area contributed by atoms with Crippen LogP contribution in [0.15, 0.2) is 18.2 Å². The molecule has 1 atom stereocenters. The lowest BCUT2D eigenvalue weighted by molar-refractivity contribution is -0.134. The maximum Gasteiger partial charge on any atom is 0.273 e. The Kier molecular flexibility index (Phi) is 7.44. The van der Waals surface area contributed by atoms with Crippen LogP contribution in [0.25, 0.3) is 10.9 Å². The zero-order valence-corrected chi connectivity index (χ0v) is 20.8. The van der Waals surface area contributed by atoms with Gasteiger partial charge in [0, 0.05) is 32.0 Å². The number of methoxy groups -OCH3 is 1. The van der Waals surface area contributed by atoms with Crippen LogP contribution in [0.1, 0.15) is 69.3 Å². The van der Waals surface area contributed by atoms with Gasteiger partial charge in [0.15, 0.2) is 0 Å². The van der Waals surface area contributed by atoms with E-state index in [1.807, 2.05) is 0 Å². The Labute approximate surface area is 205 Å². The van der Waals surface area contributed by atoms with Crippen LogP contribution in [0.5, 0.6) is 0 Å². The molecule has 1 aliphatic heterocycles. The molecule has 1 aromatic carbocycles. The molecule has 0 saturated heterocycles. The first-order valence-corrected chi connectivity index (χ1v) is 12.5. The third-order valence-electron chi connectivity index (χ3n) is 7.28. The van der Waals surface area contributed by atoms with E-state index < -0.39 is 17.3 Å². The molecule has 4 rings (SSSR count). The van der Waals surface area contributed by atoms with Crippen molar-refractivity contribution in [3.8, 4) is 0 Å². The van der Waals surface area contributed by atoms with Crippen LogP contribution >= 0.6 is 0 Å². The minimum absolute atomic E-state index is 0.0749. The van der Waals surface area contributed by atoms with Crippen LogP contribution < -0.4 is 10.6 Å². The summed E-state index contributed by atoms with van der Waals surface area (Å²) in [5, 5.41) is 6.38. The number of carbonyl (C=O) groups is 3. The molecular formula is C26H35FN4O4. The minimum Gasteiger partial charge on any atom is -0.383 e. The van der Waals surface area contributed by atoms with Gasteiger partial charge in [0.25, 0.3) is 5.91 Å². The van der Waals surface area contributed by atoms with Gasteiger partial charge >= 0.3 is 0 Å². The number of amides is 3. The molecule has 1 aromatic heterocycles. The molecular weight excluding hydrogens is 451 g/mol. The molecule has 0 spiro atoms. The first-order chi connectivity index (χ1) is 16.8. The van der Waals surface area contributed by atoms with Crippen LogP contribution in [0.3, 0.4) is 0 Å². The molecule has 1 fully saturated rings. The maximum atomic E-state index is 14.2. The molecule has 0 bridgehead atoms. The van der Waals surface area contributed by atoms with Crippen LogP contribution in [-0.4, -0.2) is 59.0 Å². The normalized spacial score (nSPS) is 21.4. The maximum absolute atomic E-state index is 14.2. The molecule has 0 unspecified atom stereocenters. The van der Waals surface area contributed by atoms with Crippen molar-refractivity contribution in [1.29, 1.82) is 0 Å². The Morgan fingerprint density at radius 1 is 1.17 bits per heavy atom. The Bertz CT molecular complexity index is 1120. The lowest BCUT2D eigenvalue weighted by Crippen LogP contribution is -2.65. The topological polar surface area (TPSA) is 92.7 Å². The van der Waals surface area contributed by atoms with E-state index in [1.54, 1.807) is 24.7 Å². The summed E-state index contributed by atoms with van der Waals surface area (Å²) in [5.41, 5.74) is -0.0800. The van der Waals surface area contributed by atoms with Crippen molar-refractivity contribution in [2.75, 3.05) is 25.6 Å². The van der Waals surface area contributed by atoms with Gasteiger partial charge in [-0.1, -0.05) is 32.1 Å². The number of hydrogen-bond acceptors (Lipinski definition) is 4. The summed E-state index contributed by atoms with van der Waals surface area (Å²) in [6.07, 6.45) is 7.58. The number of nitrogens with zero attached hydrogens (tertiary/aromatic N) is 2. The molecule has 3 amide bonds. The van der Waals surface area contributed by atoms with E-state index in [9.17, 15) is 18.8 Å². The van der Waals surface area contributed by atoms with Gasteiger partial charge in [-0.05, 0) is 38.0 Å². The van der Waals surface area contributed by atoms with Crippen molar-refractivity contribution in [1.82, 2.24) is 14.8 Å². The highest BCUT2D eigenvalue weighted by atomic mass is 19.1. The fourth-order valence-electron chi connectivity index (χ4n) is 5.43. The average molecular weight is 487 g/mol. The molecule has 2 aliphatic rings. The summed E-state index contributed by atoms with van der Waals surface area (Å²) < 4.78 is 21.2. The highest BCUT2D eigenvalue weighted by Crippen LogP contribution is 2.39. The van der Waals surface area contributed by atoms with Gasteiger partial charge in [-0.2, -0.15) is 0 Å². The number of carbonyl (C=O) groups excluding carboxylic acids is 3. The number of halogens is 1. The molecule has 2 aromatic rings. The predicted molar refractivity (Wildman–Crippen MR) is 132 cm³/mol. The first kappa shape index (κ1) is 25.2. The lowest BCUT2D eigenvalue weighted by Gasteiger charge is -2.44. The summed E-state index contributed by atoms with van der Waals surface area (Å²) in [5.74, 6) is -1.44. The summed E-state index contributed by atoms with van der Waals surface area (Å²) in [7, 11) is 1.54. The molecule has 1 saturated carbocycles. The second-order valence-electron chi connectivity index (χ2n) is 9.89. The number of ether oxygens (including phenoxy) is 1. The van der Waals surface area contributed by atoms with Crippen molar-refractivity contribution >= 4 is 34.3 Å². The summed E-state index contributed by atoms with van der Waals surface area (Å²) in [6, 6.07) is 4.29. The number of nitrogens with one attached hydrogen (secondary N) is 2. The predicted octanol–water partition coefficient (Wildman–Crippen LogP) is 3.83. The van der Waals surface area contributed by atoms with E-state index >= 15 is 0 Å². The van der Waals surface area contributed by atoms with E-state index in [4.69, 9.17) is 4.74 Å². The van der Waals surface area contributed by atoms with Crippen LogP contribution in [0, 0.1) is 5.82 Å². The standard InChI is InChI=1S/C26H35FN4O4/c1-17(32)28-22-20-15-18(27)11-12-21(20)30-16-26(2,31(13-14-35-3)24(33)23(22)30)25(34)29-19-9-7-5-4-6-8-10-19/h11-12,15,19H,4-10,13-14,16H2,1-3H3,(H,28,32)(H,29,34)/t26-/m0/s1. The summed E-state index contributed by atoms with van der Waals surface area (Å²) in [4.78, 5) is 41.2. The summed E-state index contributed by atoms with van der Waals surface area (Å²) >= 11 is 0. The van der Waals surface area contributed by atoms with E-state index in [0.717, 1.165) is 25.7 Å². The molecule has 8 nitrogen and oxygen atoms in total.